The largest absolute Gasteiger partial charge is 0.495 e. The van der Waals surface area contributed by atoms with Crippen molar-refractivity contribution in [3.63, 3.8) is 0 Å². The number of benzene rings is 1. The van der Waals surface area contributed by atoms with E-state index in [0.29, 0.717) is 5.92 Å². The molecule has 0 spiro atoms. The first-order valence-corrected chi connectivity index (χ1v) is 6.06. The van der Waals surface area contributed by atoms with Crippen LogP contribution in [0.3, 0.4) is 0 Å². The Balaban J connectivity index is 2.18. The number of methoxy groups -OCH3 is 1. The molecule has 0 bridgehead atoms. The van der Waals surface area contributed by atoms with Gasteiger partial charge in [0.2, 0.25) is 0 Å². The molecule has 1 aromatic heterocycles. The van der Waals surface area contributed by atoms with Gasteiger partial charge in [0.1, 0.15) is 11.6 Å². The van der Waals surface area contributed by atoms with Gasteiger partial charge in [-0.05, 0) is 29.7 Å². The topological polar surface area (TPSA) is 34.1 Å². The van der Waals surface area contributed by atoms with Crippen LogP contribution in [0.25, 0.3) is 0 Å². The highest BCUT2D eigenvalue weighted by molar-refractivity contribution is 5.63. The van der Waals surface area contributed by atoms with Crippen molar-refractivity contribution in [2.75, 3.05) is 12.4 Å². The zero-order valence-corrected chi connectivity index (χ0v) is 11.0. The minimum Gasteiger partial charge on any atom is -0.495 e. The number of ether oxygens (including phenoxy) is 1. The lowest BCUT2D eigenvalue weighted by Crippen LogP contribution is -1.97. The highest BCUT2D eigenvalue weighted by Gasteiger charge is 2.03. The number of nitrogens with zero attached hydrogens (tertiary/aromatic N) is 1. The minimum absolute atomic E-state index is 0.498. The van der Waals surface area contributed by atoms with Gasteiger partial charge in [-0.3, -0.25) is 0 Å². The summed E-state index contributed by atoms with van der Waals surface area (Å²) in [6, 6.07) is 11.9. The number of hydrogen-bond donors (Lipinski definition) is 1. The number of nitrogens with one attached hydrogen (secondary N) is 1. The molecule has 1 N–H and O–H groups in total. The Labute approximate surface area is 108 Å². The first-order valence-electron chi connectivity index (χ1n) is 6.06. The first kappa shape index (κ1) is 12.4. The van der Waals surface area contributed by atoms with Crippen LogP contribution < -0.4 is 10.1 Å². The second-order valence-electron chi connectivity index (χ2n) is 4.46. The maximum Gasteiger partial charge on any atom is 0.142 e. The van der Waals surface area contributed by atoms with E-state index in [2.05, 4.69) is 30.2 Å². The summed E-state index contributed by atoms with van der Waals surface area (Å²) in [6.45, 7) is 4.31. The standard InChI is InChI=1S/C15H18N2O/c1-11(2)12-8-9-15(16-10-12)17-13-6-4-5-7-14(13)18-3/h4-11H,1-3H3,(H,16,17). The van der Waals surface area contributed by atoms with Crippen molar-refractivity contribution in [3.8, 4) is 5.75 Å². The minimum atomic E-state index is 0.498. The zero-order chi connectivity index (χ0) is 13.0. The van der Waals surface area contributed by atoms with Crippen molar-refractivity contribution in [2.45, 2.75) is 19.8 Å². The first-order chi connectivity index (χ1) is 8.70. The summed E-state index contributed by atoms with van der Waals surface area (Å²) in [5, 5.41) is 3.25. The third-order valence-corrected chi connectivity index (χ3v) is 2.82. The number of rotatable bonds is 4. The Hall–Kier alpha value is -2.03. The SMILES string of the molecule is COc1ccccc1Nc1ccc(C(C)C)cn1. The van der Waals surface area contributed by atoms with Gasteiger partial charge < -0.3 is 10.1 Å². The van der Waals surface area contributed by atoms with Crippen LogP contribution in [0.2, 0.25) is 0 Å². The third-order valence-electron chi connectivity index (χ3n) is 2.82. The molecule has 18 heavy (non-hydrogen) atoms. The molecule has 0 unspecified atom stereocenters. The fraction of sp³-hybridized carbons (Fsp3) is 0.267. The molecule has 0 aliphatic heterocycles. The van der Waals surface area contributed by atoms with Crippen LogP contribution in [-0.2, 0) is 0 Å². The summed E-state index contributed by atoms with van der Waals surface area (Å²) < 4.78 is 5.29. The number of hydrogen-bond acceptors (Lipinski definition) is 3. The molecule has 0 radical (unpaired) electrons. The van der Waals surface area contributed by atoms with E-state index in [1.807, 2.05) is 36.5 Å². The van der Waals surface area contributed by atoms with Gasteiger partial charge in [0.05, 0.1) is 12.8 Å². The average molecular weight is 242 g/mol. The normalized spacial score (nSPS) is 10.4. The maximum absolute atomic E-state index is 5.29. The van der Waals surface area contributed by atoms with E-state index < -0.39 is 0 Å². The Morgan fingerprint density at radius 3 is 2.50 bits per heavy atom. The van der Waals surface area contributed by atoms with Gasteiger partial charge in [-0.15, -0.1) is 0 Å². The van der Waals surface area contributed by atoms with E-state index in [1.165, 1.54) is 5.56 Å². The van der Waals surface area contributed by atoms with E-state index in [4.69, 9.17) is 4.74 Å². The molecule has 0 atom stereocenters. The predicted octanol–water partition coefficient (Wildman–Crippen LogP) is 3.96. The Kier molecular flexibility index (Phi) is 3.82. The molecule has 0 amide bonds. The third kappa shape index (κ3) is 2.80. The molecular weight excluding hydrogens is 224 g/mol. The average Bonchev–Trinajstić information content (AvgIpc) is 2.40. The molecule has 0 aliphatic rings. The molecule has 3 heteroatoms. The lowest BCUT2D eigenvalue weighted by molar-refractivity contribution is 0.417. The molecule has 0 fully saturated rings. The van der Waals surface area contributed by atoms with E-state index in [9.17, 15) is 0 Å². The van der Waals surface area contributed by atoms with Crippen molar-refractivity contribution in [1.82, 2.24) is 4.98 Å². The molecule has 1 heterocycles. The van der Waals surface area contributed by atoms with Gasteiger partial charge in [0.25, 0.3) is 0 Å². The van der Waals surface area contributed by atoms with Gasteiger partial charge in [-0.25, -0.2) is 4.98 Å². The van der Waals surface area contributed by atoms with Gasteiger partial charge in [0, 0.05) is 6.20 Å². The van der Waals surface area contributed by atoms with Crippen molar-refractivity contribution in [2.24, 2.45) is 0 Å². The molecule has 0 saturated heterocycles. The summed E-state index contributed by atoms with van der Waals surface area (Å²) >= 11 is 0. The summed E-state index contributed by atoms with van der Waals surface area (Å²) in [5.74, 6) is 2.13. The predicted molar refractivity (Wildman–Crippen MR) is 74.6 cm³/mol. The van der Waals surface area contributed by atoms with Gasteiger partial charge in [0.15, 0.2) is 0 Å². The lowest BCUT2D eigenvalue weighted by Gasteiger charge is -2.11. The molecule has 94 valence electrons. The smallest absolute Gasteiger partial charge is 0.142 e. The summed E-state index contributed by atoms with van der Waals surface area (Å²) in [7, 11) is 1.66. The molecule has 2 rings (SSSR count). The number of pyridine rings is 1. The second-order valence-corrected chi connectivity index (χ2v) is 4.46. The number of para-hydroxylation sites is 2. The lowest BCUT2D eigenvalue weighted by atomic mass is 10.1. The number of anilines is 2. The zero-order valence-electron chi connectivity index (χ0n) is 11.0. The fourth-order valence-corrected chi connectivity index (χ4v) is 1.71. The van der Waals surface area contributed by atoms with E-state index in [-0.39, 0.29) is 0 Å². The fourth-order valence-electron chi connectivity index (χ4n) is 1.71. The van der Waals surface area contributed by atoms with Crippen molar-refractivity contribution in [1.29, 1.82) is 0 Å². The van der Waals surface area contributed by atoms with Crippen LogP contribution in [0.5, 0.6) is 5.75 Å². The molecule has 1 aromatic carbocycles. The highest BCUT2D eigenvalue weighted by atomic mass is 16.5. The van der Waals surface area contributed by atoms with Crippen molar-refractivity contribution < 1.29 is 4.74 Å². The summed E-state index contributed by atoms with van der Waals surface area (Å²) in [4.78, 5) is 4.40. The van der Waals surface area contributed by atoms with E-state index in [1.54, 1.807) is 7.11 Å². The van der Waals surface area contributed by atoms with Crippen molar-refractivity contribution in [3.05, 3.63) is 48.2 Å². The van der Waals surface area contributed by atoms with Crippen LogP contribution in [0.1, 0.15) is 25.3 Å². The molecule has 3 nitrogen and oxygen atoms in total. The van der Waals surface area contributed by atoms with E-state index in [0.717, 1.165) is 17.3 Å². The molecular formula is C15H18N2O. The summed E-state index contributed by atoms with van der Waals surface area (Å²) in [6.07, 6.45) is 1.91. The van der Waals surface area contributed by atoms with Crippen LogP contribution in [0, 0.1) is 0 Å². The van der Waals surface area contributed by atoms with Crippen LogP contribution in [0.15, 0.2) is 42.6 Å². The second kappa shape index (κ2) is 5.54. The maximum atomic E-state index is 5.29. The molecule has 2 aromatic rings. The van der Waals surface area contributed by atoms with Crippen LogP contribution >= 0.6 is 0 Å². The Morgan fingerprint density at radius 1 is 1.11 bits per heavy atom. The molecule has 0 saturated carbocycles. The monoisotopic (exact) mass is 242 g/mol. The molecule has 0 aliphatic carbocycles. The van der Waals surface area contributed by atoms with Gasteiger partial charge in [-0.1, -0.05) is 32.0 Å². The number of aromatic nitrogens is 1. The van der Waals surface area contributed by atoms with E-state index >= 15 is 0 Å². The van der Waals surface area contributed by atoms with Crippen LogP contribution in [-0.4, -0.2) is 12.1 Å². The van der Waals surface area contributed by atoms with Crippen molar-refractivity contribution >= 4 is 11.5 Å². The van der Waals surface area contributed by atoms with Crippen LogP contribution in [0.4, 0.5) is 11.5 Å². The van der Waals surface area contributed by atoms with Gasteiger partial charge >= 0.3 is 0 Å². The Morgan fingerprint density at radius 2 is 1.89 bits per heavy atom. The quantitative estimate of drug-likeness (QED) is 0.881. The van der Waals surface area contributed by atoms with Gasteiger partial charge in [-0.2, -0.15) is 0 Å². The highest BCUT2D eigenvalue weighted by Crippen LogP contribution is 2.26. The summed E-state index contributed by atoms with van der Waals surface area (Å²) in [5.41, 5.74) is 2.16. The Bertz CT molecular complexity index is 506.